The molecule has 4 nitrogen and oxygen atoms in total. The van der Waals surface area contributed by atoms with Crippen LogP contribution in [-0.4, -0.2) is 29.4 Å². The first-order chi connectivity index (χ1) is 13.9. The third-order valence-electron chi connectivity index (χ3n) is 5.99. The molecule has 0 heterocycles. The molecular formula is C24H49KO4S. The molecule has 0 amide bonds. The van der Waals surface area contributed by atoms with Crippen molar-refractivity contribution >= 4 is 10.1 Å². The molecule has 176 valence electrons. The summed E-state index contributed by atoms with van der Waals surface area (Å²) in [6.07, 6.45) is 21.2. The van der Waals surface area contributed by atoms with Crippen LogP contribution in [0.1, 0.15) is 142 Å². The van der Waals surface area contributed by atoms with Gasteiger partial charge in [-0.1, -0.05) is 117 Å². The Balaban J connectivity index is 0. The Labute approximate surface area is 230 Å². The van der Waals surface area contributed by atoms with Crippen LogP contribution in [0.5, 0.6) is 0 Å². The van der Waals surface area contributed by atoms with Crippen LogP contribution in [-0.2, 0) is 10.1 Å². The number of aliphatic hydroxyl groups excluding tert-OH is 1. The second-order valence-corrected chi connectivity index (χ2v) is 10.5. The van der Waals surface area contributed by atoms with E-state index in [2.05, 4.69) is 6.92 Å². The van der Waals surface area contributed by atoms with E-state index in [4.69, 9.17) is 0 Å². The molecule has 0 aliphatic rings. The van der Waals surface area contributed by atoms with Crippen molar-refractivity contribution in [1.82, 2.24) is 0 Å². The summed E-state index contributed by atoms with van der Waals surface area (Å²) >= 11 is 0. The van der Waals surface area contributed by atoms with Gasteiger partial charge in [-0.05, 0) is 25.7 Å². The van der Waals surface area contributed by atoms with Crippen LogP contribution in [0.3, 0.4) is 0 Å². The van der Waals surface area contributed by atoms with Crippen molar-refractivity contribution in [3.63, 3.8) is 0 Å². The third-order valence-corrected chi connectivity index (χ3v) is 7.28. The molecule has 0 radical (unpaired) electrons. The van der Waals surface area contributed by atoms with Gasteiger partial charge in [0.05, 0.1) is 16.2 Å². The summed E-state index contributed by atoms with van der Waals surface area (Å²) < 4.78 is 33.9. The summed E-state index contributed by atoms with van der Waals surface area (Å²) in [5, 5.41) is 9.39. The fraction of sp³-hybridized carbons (Fsp3) is 1.00. The molecule has 0 fully saturated rings. The average molecular weight is 473 g/mol. The maximum Gasteiger partial charge on any atom is 1.00 e. The van der Waals surface area contributed by atoms with E-state index >= 15 is 0 Å². The van der Waals surface area contributed by atoms with E-state index in [1.54, 1.807) is 0 Å². The smallest absolute Gasteiger partial charge is 0.748 e. The molecule has 30 heavy (non-hydrogen) atoms. The van der Waals surface area contributed by atoms with Crippen LogP contribution in [0, 0.1) is 0 Å². The minimum absolute atomic E-state index is 0. The predicted octanol–water partition coefficient (Wildman–Crippen LogP) is 4.11. The molecule has 0 aliphatic carbocycles. The molecule has 0 aliphatic heterocycles. The Bertz CT molecular complexity index is 442. The van der Waals surface area contributed by atoms with Gasteiger partial charge in [0.1, 0.15) is 0 Å². The molecule has 0 rings (SSSR count). The van der Waals surface area contributed by atoms with Gasteiger partial charge in [-0.15, -0.1) is 0 Å². The van der Waals surface area contributed by atoms with Crippen LogP contribution in [0.15, 0.2) is 0 Å². The summed E-state index contributed by atoms with van der Waals surface area (Å²) in [6.45, 7) is 4.26. The Morgan fingerprint density at radius 2 is 0.933 bits per heavy atom. The van der Waals surface area contributed by atoms with Gasteiger partial charge in [0.25, 0.3) is 0 Å². The first-order valence-electron chi connectivity index (χ1n) is 12.5. The van der Waals surface area contributed by atoms with E-state index in [1.165, 1.54) is 51.4 Å². The molecule has 6 heteroatoms. The fourth-order valence-corrected chi connectivity index (χ4v) is 4.89. The van der Waals surface area contributed by atoms with Gasteiger partial charge in [-0.2, -0.15) is 0 Å². The van der Waals surface area contributed by atoms with Gasteiger partial charge in [0.15, 0.2) is 0 Å². The molecule has 0 aromatic heterocycles. The third kappa shape index (κ3) is 22.7. The second-order valence-electron chi connectivity index (χ2n) is 8.87. The summed E-state index contributed by atoms with van der Waals surface area (Å²) in [5.41, 5.74) is 0. The van der Waals surface area contributed by atoms with Crippen molar-refractivity contribution in [1.29, 1.82) is 0 Å². The van der Waals surface area contributed by atoms with E-state index in [-0.39, 0.29) is 57.5 Å². The van der Waals surface area contributed by atoms with E-state index in [1.807, 2.05) is 6.92 Å². The van der Waals surface area contributed by atoms with Gasteiger partial charge >= 0.3 is 51.4 Å². The molecule has 0 saturated carbocycles. The van der Waals surface area contributed by atoms with Gasteiger partial charge in [0, 0.05) is 5.25 Å². The topological polar surface area (TPSA) is 77.4 Å². The Morgan fingerprint density at radius 3 is 1.33 bits per heavy atom. The number of unbranched alkanes of at least 4 members (excludes halogenated alkanes) is 13. The maximum atomic E-state index is 11.3. The number of aliphatic hydroxyl groups is 1. The SMILES string of the molecule is CCCCCCCCCC(O)CCCCCCCCCC(CCCC)S(=O)(=O)[O-].[K+]. The first-order valence-corrected chi connectivity index (χ1v) is 14.0. The molecule has 1 N–H and O–H groups in total. The molecule has 0 aromatic carbocycles. The monoisotopic (exact) mass is 472 g/mol. The minimum Gasteiger partial charge on any atom is -0.748 e. The average Bonchev–Trinajstić information content (AvgIpc) is 2.67. The van der Waals surface area contributed by atoms with Gasteiger partial charge in [-0.3, -0.25) is 0 Å². The van der Waals surface area contributed by atoms with Gasteiger partial charge in [-0.25, -0.2) is 8.42 Å². The van der Waals surface area contributed by atoms with E-state index in [0.29, 0.717) is 12.8 Å². The zero-order chi connectivity index (χ0) is 21.8. The standard InChI is InChI=1S/C24H50O4S.K/c1-3-5-7-8-10-13-16-19-23(25)20-17-14-11-9-12-15-18-22-24(21-6-4-2)29(26,27)28;/h23-25H,3-22H2,1-2H3,(H,26,27,28);/q;+1/p-1. The van der Waals surface area contributed by atoms with Crippen LogP contribution in [0.4, 0.5) is 0 Å². The van der Waals surface area contributed by atoms with Crippen LogP contribution in [0.25, 0.3) is 0 Å². The number of hydrogen-bond acceptors (Lipinski definition) is 4. The number of rotatable bonds is 22. The molecule has 0 spiro atoms. The summed E-state index contributed by atoms with van der Waals surface area (Å²) in [5.74, 6) is 0. The Hall–Kier alpha value is 1.51. The molecule has 2 atom stereocenters. The minimum atomic E-state index is -4.14. The van der Waals surface area contributed by atoms with Crippen LogP contribution in [0.2, 0.25) is 0 Å². The quantitative estimate of drug-likeness (QED) is 0.146. The van der Waals surface area contributed by atoms with E-state index < -0.39 is 15.4 Å². The Morgan fingerprint density at radius 1 is 0.600 bits per heavy atom. The first kappa shape index (κ1) is 33.7. The fourth-order valence-electron chi connectivity index (χ4n) is 3.98. The zero-order valence-corrected chi connectivity index (χ0v) is 24.3. The van der Waals surface area contributed by atoms with Crippen molar-refractivity contribution < 1.29 is 69.5 Å². The molecule has 0 saturated heterocycles. The van der Waals surface area contributed by atoms with Gasteiger partial charge in [0.2, 0.25) is 0 Å². The largest absolute Gasteiger partial charge is 1.00 e. The van der Waals surface area contributed by atoms with E-state index in [9.17, 15) is 18.1 Å². The van der Waals surface area contributed by atoms with Crippen molar-refractivity contribution in [3.8, 4) is 0 Å². The summed E-state index contributed by atoms with van der Waals surface area (Å²) in [6, 6.07) is 0. The summed E-state index contributed by atoms with van der Waals surface area (Å²) in [4.78, 5) is 0. The molecular weight excluding hydrogens is 423 g/mol. The maximum absolute atomic E-state index is 11.3. The van der Waals surface area contributed by atoms with Crippen LogP contribution < -0.4 is 51.4 Å². The number of hydrogen-bond donors (Lipinski definition) is 1. The Kier molecular flexibility index (Phi) is 26.6. The normalized spacial score (nSPS) is 13.7. The molecule has 2 unspecified atom stereocenters. The molecule has 0 aromatic rings. The van der Waals surface area contributed by atoms with Crippen LogP contribution >= 0.6 is 0 Å². The zero-order valence-electron chi connectivity index (χ0n) is 20.4. The van der Waals surface area contributed by atoms with E-state index in [0.717, 1.165) is 64.2 Å². The predicted molar refractivity (Wildman–Crippen MR) is 123 cm³/mol. The second kappa shape index (κ2) is 23.7. The molecule has 0 bridgehead atoms. The van der Waals surface area contributed by atoms with Gasteiger partial charge < -0.3 is 9.66 Å². The van der Waals surface area contributed by atoms with Crippen molar-refractivity contribution in [2.24, 2.45) is 0 Å². The van der Waals surface area contributed by atoms with Crippen molar-refractivity contribution in [2.75, 3.05) is 0 Å². The summed E-state index contributed by atoms with van der Waals surface area (Å²) in [7, 11) is -4.14. The van der Waals surface area contributed by atoms with Crippen molar-refractivity contribution in [3.05, 3.63) is 0 Å². The van der Waals surface area contributed by atoms with Crippen molar-refractivity contribution in [2.45, 2.75) is 154 Å².